The van der Waals surface area contributed by atoms with Crippen LogP contribution in [0.4, 0.5) is 13.2 Å². The van der Waals surface area contributed by atoms with Gasteiger partial charge >= 0.3 is 6.18 Å². The summed E-state index contributed by atoms with van der Waals surface area (Å²) in [5, 5.41) is -0.261. The van der Waals surface area contributed by atoms with E-state index < -0.39 is 32.7 Å². The second-order valence-corrected chi connectivity index (χ2v) is 10.5. The van der Waals surface area contributed by atoms with Crippen LogP contribution in [-0.4, -0.2) is 72.7 Å². The van der Waals surface area contributed by atoms with Crippen molar-refractivity contribution in [3.8, 4) is 0 Å². The van der Waals surface area contributed by atoms with E-state index >= 15 is 0 Å². The normalized spacial score (nSPS) is 17.9. The topological polar surface area (TPSA) is 60.9 Å². The van der Waals surface area contributed by atoms with Gasteiger partial charge in [-0.1, -0.05) is 11.6 Å². The first kappa shape index (κ1) is 25.9. The van der Waals surface area contributed by atoms with Crippen molar-refractivity contribution in [3.05, 3.63) is 28.8 Å². The molecule has 0 N–H and O–H groups in total. The fourth-order valence-electron chi connectivity index (χ4n) is 3.82. The molecule has 0 radical (unpaired) electrons. The Balaban J connectivity index is 2.16. The summed E-state index contributed by atoms with van der Waals surface area (Å²) < 4.78 is 66.1. The first-order valence-electron chi connectivity index (χ1n) is 10.1. The van der Waals surface area contributed by atoms with Crippen molar-refractivity contribution in [2.75, 3.05) is 26.2 Å². The van der Waals surface area contributed by atoms with E-state index in [9.17, 15) is 26.4 Å². The maximum Gasteiger partial charge on any atom is 0.416 e. The predicted molar refractivity (Wildman–Crippen MR) is 113 cm³/mol. The number of carbonyl (C=O) groups is 1. The van der Waals surface area contributed by atoms with Crippen molar-refractivity contribution >= 4 is 27.5 Å². The van der Waals surface area contributed by atoms with E-state index in [1.54, 1.807) is 11.8 Å². The Morgan fingerprint density at radius 3 is 2.00 bits per heavy atom. The zero-order valence-electron chi connectivity index (χ0n) is 18.3. The number of rotatable bonds is 6. The average Bonchev–Trinajstić information content (AvgIpc) is 2.66. The summed E-state index contributed by atoms with van der Waals surface area (Å²) in [6, 6.07) is 1.88. The van der Waals surface area contributed by atoms with Gasteiger partial charge in [0.25, 0.3) is 0 Å². The highest BCUT2D eigenvalue weighted by atomic mass is 35.5. The highest BCUT2D eigenvalue weighted by Crippen LogP contribution is 2.34. The fraction of sp³-hybridized carbons (Fsp3) is 0.650. The monoisotopic (exact) mass is 483 g/mol. The molecule has 0 bridgehead atoms. The number of sulfonamides is 1. The van der Waals surface area contributed by atoms with E-state index in [0.29, 0.717) is 6.07 Å². The van der Waals surface area contributed by atoms with Crippen molar-refractivity contribution in [2.24, 2.45) is 0 Å². The summed E-state index contributed by atoms with van der Waals surface area (Å²) in [6.45, 7) is 10.2. The number of hydrogen-bond acceptors (Lipinski definition) is 4. The molecule has 1 fully saturated rings. The lowest BCUT2D eigenvalue weighted by Gasteiger charge is -2.40. The van der Waals surface area contributed by atoms with Crippen LogP contribution in [0.3, 0.4) is 0 Å². The molecule has 1 aliphatic rings. The van der Waals surface area contributed by atoms with Crippen LogP contribution in [0.5, 0.6) is 0 Å². The first-order chi connectivity index (χ1) is 14.2. The molecule has 1 unspecified atom stereocenters. The Hall–Kier alpha value is -1.36. The molecule has 11 heteroatoms. The number of carbonyl (C=O) groups excluding carboxylic acids is 1. The molecule has 1 atom stereocenters. The molecule has 0 aromatic heterocycles. The number of benzene rings is 1. The quantitative estimate of drug-likeness (QED) is 0.619. The van der Waals surface area contributed by atoms with Crippen LogP contribution in [0.25, 0.3) is 0 Å². The minimum Gasteiger partial charge on any atom is -0.336 e. The molecule has 0 aliphatic carbocycles. The third kappa shape index (κ3) is 5.71. The molecule has 2 rings (SSSR count). The van der Waals surface area contributed by atoms with E-state index in [1.165, 1.54) is 0 Å². The highest BCUT2D eigenvalue weighted by Gasteiger charge is 2.37. The maximum absolute atomic E-state index is 13.0. The Kier molecular flexibility index (Phi) is 8.05. The molecule has 1 aliphatic heterocycles. The summed E-state index contributed by atoms with van der Waals surface area (Å²) in [5.41, 5.74) is -1.07. The molecule has 176 valence electrons. The zero-order valence-corrected chi connectivity index (χ0v) is 19.9. The number of nitrogens with zero attached hydrogens (tertiary/aromatic N) is 3. The second-order valence-electron chi connectivity index (χ2n) is 8.19. The fourth-order valence-corrected chi connectivity index (χ4v) is 5.75. The minimum absolute atomic E-state index is 0.0275. The van der Waals surface area contributed by atoms with Gasteiger partial charge in [-0.15, -0.1) is 0 Å². The standard InChI is InChI=1S/C20H29ClF3N3O3S/c1-13(2)27(14(3)4)19(28)15(5)25-8-10-26(11-9-25)31(29,30)18-12-16(20(22,23)24)6-7-17(18)21/h6-7,12-15H,8-11H2,1-5H3. The van der Waals surface area contributed by atoms with Crippen LogP contribution >= 0.6 is 11.6 Å². The molecule has 1 aromatic carbocycles. The molecule has 1 amide bonds. The van der Waals surface area contributed by atoms with E-state index in [-0.39, 0.29) is 49.2 Å². The lowest BCUT2D eigenvalue weighted by Crippen LogP contribution is -2.57. The van der Waals surface area contributed by atoms with Crippen LogP contribution in [0, 0.1) is 0 Å². The summed E-state index contributed by atoms with van der Waals surface area (Å²) in [4.78, 5) is 16.0. The number of halogens is 4. The van der Waals surface area contributed by atoms with Gasteiger partial charge in [0.15, 0.2) is 0 Å². The third-order valence-electron chi connectivity index (χ3n) is 5.42. The van der Waals surface area contributed by atoms with Gasteiger partial charge in [0, 0.05) is 38.3 Å². The largest absolute Gasteiger partial charge is 0.416 e. The number of hydrogen-bond donors (Lipinski definition) is 0. The van der Waals surface area contributed by atoms with Gasteiger partial charge in [-0.2, -0.15) is 17.5 Å². The molecular weight excluding hydrogens is 455 g/mol. The molecule has 1 aromatic rings. The predicted octanol–water partition coefficient (Wildman–Crippen LogP) is 3.70. The van der Waals surface area contributed by atoms with Crippen LogP contribution in [0.15, 0.2) is 23.1 Å². The Morgan fingerprint density at radius 2 is 1.55 bits per heavy atom. The Bertz CT molecular complexity index is 891. The summed E-state index contributed by atoms with van der Waals surface area (Å²) in [7, 11) is -4.21. The van der Waals surface area contributed by atoms with Crippen molar-refractivity contribution in [2.45, 2.75) is 63.8 Å². The van der Waals surface area contributed by atoms with Crippen LogP contribution in [0.1, 0.15) is 40.2 Å². The van der Waals surface area contributed by atoms with Gasteiger partial charge < -0.3 is 4.90 Å². The van der Waals surface area contributed by atoms with E-state index in [0.717, 1.165) is 16.4 Å². The van der Waals surface area contributed by atoms with Gasteiger partial charge in [-0.05, 0) is 52.8 Å². The molecule has 1 saturated heterocycles. The number of piperazine rings is 1. The summed E-state index contributed by atoms with van der Waals surface area (Å²) in [5.74, 6) is -0.0396. The molecule has 0 spiro atoms. The van der Waals surface area contributed by atoms with Crippen molar-refractivity contribution in [1.29, 1.82) is 0 Å². The Labute approximate surface area is 187 Å². The number of alkyl halides is 3. The zero-order chi connectivity index (χ0) is 23.7. The van der Waals surface area contributed by atoms with Gasteiger partial charge in [0.05, 0.1) is 16.6 Å². The van der Waals surface area contributed by atoms with Crippen molar-refractivity contribution in [3.63, 3.8) is 0 Å². The summed E-state index contributed by atoms with van der Waals surface area (Å²) in [6.07, 6.45) is -4.68. The molecule has 1 heterocycles. The molecule has 6 nitrogen and oxygen atoms in total. The van der Waals surface area contributed by atoms with Gasteiger partial charge in [0.2, 0.25) is 15.9 Å². The highest BCUT2D eigenvalue weighted by molar-refractivity contribution is 7.89. The van der Waals surface area contributed by atoms with Crippen LogP contribution < -0.4 is 0 Å². The Morgan fingerprint density at radius 1 is 1.03 bits per heavy atom. The van der Waals surface area contributed by atoms with Gasteiger partial charge in [-0.3, -0.25) is 9.69 Å². The number of amides is 1. The van der Waals surface area contributed by atoms with Crippen LogP contribution in [0.2, 0.25) is 5.02 Å². The lowest BCUT2D eigenvalue weighted by atomic mass is 10.1. The van der Waals surface area contributed by atoms with Crippen LogP contribution in [-0.2, 0) is 21.0 Å². The smallest absolute Gasteiger partial charge is 0.336 e. The van der Waals surface area contributed by atoms with Gasteiger partial charge in [-0.25, -0.2) is 8.42 Å². The SMILES string of the molecule is CC(C(=O)N(C(C)C)C(C)C)N1CCN(S(=O)(=O)c2cc(C(F)(F)F)ccc2Cl)CC1. The average molecular weight is 484 g/mol. The van der Waals surface area contributed by atoms with E-state index in [2.05, 4.69) is 0 Å². The lowest BCUT2D eigenvalue weighted by molar-refractivity contribution is -0.140. The van der Waals surface area contributed by atoms with Gasteiger partial charge in [0.1, 0.15) is 4.90 Å². The summed E-state index contributed by atoms with van der Waals surface area (Å²) >= 11 is 5.93. The van der Waals surface area contributed by atoms with E-state index in [4.69, 9.17) is 11.6 Å². The van der Waals surface area contributed by atoms with Crippen molar-refractivity contribution < 1.29 is 26.4 Å². The van der Waals surface area contributed by atoms with E-state index in [1.807, 2.05) is 32.6 Å². The molecule has 31 heavy (non-hydrogen) atoms. The minimum atomic E-state index is -4.68. The molecular formula is C20H29ClF3N3O3S. The first-order valence-corrected chi connectivity index (χ1v) is 11.9. The maximum atomic E-state index is 13.0. The van der Waals surface area contributed by atoms with Crippen molar-refractivity contribution in [1.82, 2.24) is 14.1 Å². The molecule has 0 saturated carbocycles. The second kappa shape index (κ2) is 9.64. The third-order valence-corrected chi connectivity index (χ3v) is 7.80.